The van der Waals surface area contributed by atoms with Gasteiger partial charge in [-0.3, -0.25) is 0 Å². The average molecular weight is 208 g/mol. The van der Waals surface area contributed by atoms with E-state index in [9.17, 15) is 0 Å². The van der Waals surface area contributed by atoms with Crippen LogP contribution < -0.4 is 15.2 Å². The highest BCUT2D eigenvalue weighted by Gasteiger charge is 2.41. The molecular weight excluding hydrogens is 192 g/mol. The zero-order chi connectivity index (χ0) is 10.8. The standard InChI is InChI=1S/C11H16N2O2/c1-14-9-3-4-13-11(15-2)10(9)8-5-7(8)6-12/h3-4,7-8H,5-6,12H2,1-2H3. The van der Waals surface area contributed by atoms with Crippen LogP contribution >= 0.6 is 0 Å². The van der Waals surface area contributed by atoms with E-state index in [0.717, 1.165) is 17.7 Å². The second-order valence-electron chi connectivity index (χ2n) is 3.77. The van der Waals surface area contributed by atoms with E-state index in [1.165, 1.54) is 0 Å². The minimum atomic E-state index is 0.452. The molecular formula is C11H16N2O2. The fourth-order valence-corrected chi connectivity index (χ4v) is 1.98. The SMILES string of the molecule is COc1ccnc(OC)c1C1CC1CN. The summed E-state index contributed by atoms with van der Waals surface area (Å²) in [6.07, 6.45) is 2.80. The van der Waals surface area contributed by atoms with Crippen LogP contribution in [0.15, 0.2) is 12.3 Å². The Labute approximate surface area is 89.4 Å². The monoisotopic (exact) mass is 208 g/mol. The molecule has 2 rings (SSSR count). The first-order chi connectivity index (χ1) is 7.31. The lowest BCUT2D eigenvalue weighted by Crippen LogP contribution is -2.04. The minimum absolute atomic E-state index is 0.452. The summed E-state index contributed by atoms with van der Waals surface area (Å²) in [5, 5.41) is 0. The summed E-state index contributed by atoms with van der Waals surface area (Å²) in [4.78, 5) is 4.19. The summed E-state index contributed by atoms with van der Waals surface area (Å²) in [5.74, 6) is 2.52. The molecule has 82 valence electrons. The summed E-state index contributed by atoms with van der Waals surface area (Å²) < 4.78 is 10.6. The maximum absolute atomic E-state index is 5.64. The molecule has 1 saturated carbocycles. The molecule has 1 aliphatic carbocycles. The van der Waals surface area contributed by atoms with Crippen LogP contribution in [0.2, 0.25) is 0 Å². The lowest BCUT2D eigenvalue weighted by atomic mass is 10.1. The zero-order valence-electron chi connectivity index (χ0n) is 9.06. The fraction of sp³-hybridized carbons (Fsp3) is 0.545. The van der Waals surface area contributed by atoms with E-state index >= 15 is 0 Å². The summed E-state index contributed by atoms with van der Waals surface area (Å²) >= 11 is 0. The fourth-order valence-electron chi connectivity index (χ4n) is 1.98. The molecule has 0 saturated heterocycles. The first-order valence-corrected chi connectivity index (χ1v) is 5.08. The summed E-state index contributed by atoms with van der Waals surface area (Å²) in [7, 11) is 3.29. The van der Waals surface area contributed by atoms with Gasteiger partial charge in [0, 0.05) is 6.20 Å². The first kappa shape index (κ1) is 10.2. The number of nitrogens with zero attached hydrogens (tertiary/aromatic N) is 1. The van der Waals surface area contributed by atoms with Gasteiger partial charge in [-0.1, -0.05) is 0 Å². The number of hydrogen-bond acceptors (Lipinski definition) is 4. The maximum atomic E-state index is 5.64. The number of nitrogens with two attached hydrogens (primary N) is 1. The van der Waals surface area contributed by atoms with Gasteiger partial charge in [-0.2, -0.15) is 0 Å². The van der Waals surface area contributed by atoms with Gasteiger partial charge >= 0.3 is 0 Å². The van der Waals surface area contributed by atoms with E-state index in [4.69, 9.17) is 15.2 Å². The van der Waals surface area contributed by atoms with Crippen molar-refractivity contribution in [2.45, 2.75) is 12.3 Å². The molecule has 4 nitrogen and oxygen atoms in total. The molecule has 0 amide bonds. The minimum Gasteiger partial charge on any atom is -0.496 e. The number of rotatable bonds is 4. The lowest BCUT2D eigenvalue weighted by Gasteiger charge is -2.11. The van der Waals surface area contributed by atoms with Crippen LogP contribution in [0.3, 0.4) is 0 Å². The van der Waals surface area contributed by atoms with E-state index < -0.39 is 0 Å². The Morgan fingerprint density at radius 3 is 2.80 bits per heavy atom. The van der Waals surface area contributed by atoms with Crippen molar-refractivity contribution < 1.29 is 9.47 Å². The van der Waals surface area contributed by atoms with Gasteiger partial charge in [-0.05, 0) is 30.9 Å². The van der Waals surface area contributed by atoms with E-state index in [-0.39, 0.29) is 0 Å². The van der Waals surface area contributed by atoms with Crippen molar-refractivity contribution in [2.24, 2.45) is 11.7 Å². The summed E-state index contributed by atoms with van der Waals surface area (Å²) in [6, 6.07) is 1.86. The first-order valence-electron chi connectivity index (χ1n) is 5.08. The number of methoxy groups -OCH3 is 2. The molecule has 0 radical (unpaired) electrons. The van der Waals surface area contributed by atoms with Crippen LogP contribution in [-0.2, 0) is 0 Å². The molecule has 0 spiro atoms. The Balaban J connectivity index is 2.34. The van der Waals surface area contributed by atoms with Crippen molar-refractivity contribution in [3.63, 3.8) is 0 Å². The number of pyridine rings is 1. The van der Waals surface area contributed by atoms with Gasteiger partial charge in [0.25, 0.3) is 0 Å². The highest BCUT2D eigenvalue weighted by molar-refractivity contribution is 5.45. The summed E-state index contributed by atoms with van der Waals surface area (Å²) in [5.41, 5.74) is 6.71. The third kappa shape index (κ3) is 1.77. The summed E-state index contributed by atoms with van der Waals surface area (Å²) in [6.45, 7) is 0.714. The van der Waals surface area contributed by atoms with Gasteiger partial charge in [0.05, 0.1) is 19.8 Å². The molecule has 2 unspecified atom stereocenters. The van der Waals surface area contributed by atoms with E-state index in [1.807, 2.05) is 6.07 Å². The van der Waals surface area contributed by atoms with Gasteiger partial charge in [0.1, 0.15) is 5.75 Å². The molecule has 1 aromatic heterocycles. The van der Waals surface area contributed by atoms with Crippen LogP contribution in [0.4, 0.5) is 0 Å². The van der Waals surface area contributed by atoms with Gasteiger partial charge in [0.15, 0.2) is 0 Å². The van der Waals surface area contributed by atoms with E-state index in [2.05, 4.69) is 4.98 Å². The quantitative estimate of drug-likeness (QED) is 0.806. The molecule has 0 aromatic carbocycles. The van der Waals surface area contributed by atoms with Crippen LogP contribution in [0.1, 0.15) is 17.9 Å². The third-order valence-corrected chi connectivity index (χ3v) is 2.92. The molecule has 1 aromatic rings. The van der Waals surface area contributed by atoms with Crippen LogP contribution in [0, 0.1) is 5.92 Å². The molecule has 1 aliphatic rings. The van der Waals surface area contributed by atoms with E-state index in [1.54, 1.807) is 20.4 Å². The van der Waals surface area contributed by atoms with E-state index in [0.29, 0.717) is 24.3 Å². The zero-order valence-corrected chi connectivity index (χ0v) is 9.06. The molecule has 4 heteroatoms. The average Bonchev–Trinajstić information content (AvgIpc) is 3.06. The number of hydrogen-bond donors (Lipinski definition) is 1. The Morgan fingerprint density at radius 2 is 2.27 bits per heavy atom. The van der Waals surface area contributed by atoms with Crippen molar-refractivity contribution in [1.29, 1.82) is 0 Å². The van der Waals surface area contributed by atoms with Crippen molar-refractivity contribution in [1.82, 2.24) is 4.98 Å². The lowest BCUT2D eigenvalue weighted by molar-refractivity contribution is 0.372. The second-order valence-corrected chi connectivity index (χ2v) is 3.77. The molecule has 2 atom stereocenters. The maximum Gasteiger partial charge on any atom is 0.220 e. The Morgan fingerprint density at radius 1 is 1.47 bits per heavy atom. The van der Waals surface area contributed by atoms with Crippen molar-refractivity contribution >= 4 is 0 Å². The molecule has 1 fully saturated rings. The number of aromatic nitrogens is 1. The molecule has 2 N–H and O–H groups in total. The largest absolute Gasteiger partial charge is 0.496 e. The smallest absolute Gasteiger partial charge is 0.220 e. The second kappa shape index (κ2) is 4.06. The van der Waals surface area contributed by atoms with Crippen molar-refractivity contribution in [3.8, 4) is 11.6 Å². The third-order valence-electron chi connectivity index (χ3n) is 2.92. The highest BCUT2D eigenvalue weighted by atomic mass is 16.5. The molecule has 0 bridgehead atoms. The Kier molecular flexibility index (Phi) is 2.77. The normalized spacial score (nSPS) is 23.7. The Bertz CT molecular complexity index is 332. The van der Waals surface area contributed by atoms with Gasteiger partial charge in [-0.25, -0.2) is 4.98 Å². The van der Waals surface area contributed by atoms with Crippen LogP contribution in [0.25, 0.3) is 0 Å². The van der Waals surface area contributed by atoms with Crippen LogP contribution in [-0.4, -0.2) is 25.7 Å². The molecule has 1 heterocycles. The van der Waals surface area contributed by atoms with Gasteiger partial charge < -0.3 is 15.2 Å². The van der Waals surface area contributed by atoms with Gasteiger partial charge in [0.2, 0.25) is 5.88 Å². The predicted octanol–water partition coefficient (Wildman–Crippen LogP) is 1.16. The predicted molar refractivity (Wildman–Crippen MR) is 57.2 cm³/mol. The van der Waals surface area contributed by atoms with Gasteiger partial charge in [-0.15, -0.1) is 0 Å². The van der Waals surface area contributed by atoms with Crippen molar-refractivity contribution in [3.05, 3.63) is 17.8 Å². The molecule has 15 heavy (non-hydrogen) atoms. The highest BCUT2D eigenvalue weighted by Crippen LogP contribution is 2.52. The van der Waals surface area contributed by atoms with Crippen molar-refractivity contribution in [2.75, 3.05) is 20.8 Å². The molecule has 0 aliphatic heterocycles. The topological polar surface area (TPSA) is 57.4 Å². The van der Waals surface area contributed by atoms with Crippen LogP contribution in [0.5, 0.6) is 11.6 Å². The number of ether oxygens (including phenoxy) is 2. The Hall–Kier alpha value is -1.29.